The average molecular weight is 404 g/mol. The van der Waals surface area contributed by atoms with Gasteiger partial charge in [-0.2, -0.15) is 5.10 Å². The molecule has 146 valence electrons. The molecule has 1 aromatic carbocycles. The summed E-state index contributed by atoms with van der Waals surface area (Å²) in [5, 5.41) is 8.70. The first-order valence-corrected chi connectivity index (χ1v) is 10.3. The van der Waals surface area contributed by atoms with Gasteiger partial charge in [0.05, 0.1) is 28.2 Å². The molecule has 1 aliphatic heterocycles. The van der Waals surface area contributed by atoms with Crippen LogP contribution < -0.4 is 5.32 Å². The highest BCUT2D eigenvalue weighted by Crippen LogP contribution is 2.29. The molecule has 4 heterocycles. The number of carbonyl (C=O) groups is 1. The van der Waals surface area contributed by atoms with E-state index in [0.29, 0.717) is 16.4 Å². The molecule has 1 N–H and O–H groups in total. The second-order valence-electron chi connectivity index (χ2n) is 7.24. The van der Waals surface area contributed by atoms with Crippen LogP contribution in [-0.2, 0) is 20.0 Å². The van der Waals surface area contributed by atoms with Crippen molar-refractivity contribution in [3.63, 3.8) is 0 Å². The molecule has 29 heavy (non-hydrogen) atoms. The number of nitrogens with one attached hydrogen (secondary N) is 1. The Morgan fingerprint density at radius 2 is 2.03 bits per heavy atom. The summed E-state index contributed by atoms with van der Waals surface area (Å²) in [6.45, 7) is 1.87. The summed E-state index contributed by atoms with van der Waals surface area (Å²) in [5.74, 6) is -0.175. The van der Waals surface area contributed by atoms with Crippen molar-refractivity contribution in [2.75, 3.05) is 18.9 Å². The zero-order valence-corrected chi connectivity index (χ0v) is 17.0. The van der Waals surface area contributed by atoms with Crippen LogP contribution in [0.15, 0.2) is 42.6 Å². The van der Waals surface area contributed by atoms with Gasteiger partial charge in [0.15, 0.2) is 5.13 Å². The fraction of sp³-hybridized carbons (Fsp3) is 0.238. The van der Waals surface area contributed by atoms with Crippen molar-refractivity contribution >= 4 is 33.3 Å². The van der Waals surface area contributed by atoms with Gasteiger partial charge in [-0.3, -0.25) is 14.8 Å². The van der Waals surface area contributed by atoms with Gasteiger partial charge in [-0.05, 0) is 25.2 Å². The molecule has 0 bridgehead atoms. The molecule has 8 heteroatoms. The molecule has 3 aromatic heterocycles. The molecular weight excluding hydrogens is 384 g/mol. The van der Waals surface area contributed by atoms with Crippen molar-refractivity contribution in [3.8, 4) is 11.4 Å². The fourth-order valence-corrected chi connectivity index (χ4v) is 4.74. The van der Waals surface area contributed by atoms with Gasteiger partial charge in [-0.15, -0.1) is 11.3 Å². The van der Waals surface area contributed by atoms with Gasteiger partial charge in [0, 0.05) is 43.0 Å². The Morgan fingerprint density at radius 1 is 1.17 bits per heavy atom. The number of fused-ring (bicyclic) bond motifs is 2. The summed E-state index contributed by atoms with van der Waals surface area (Å²) in [4.78, 5) is 26.1. The molecule has 5 rings (SSSR count). The molecule has 0 saturated heterocycles. The van der Waals surface area contributed by atoms with Crippen molar-refractivity contribution in [1.82, 2.24) is 24.6 Å². The summed E-state index contributed by atoms with van der Waals surface area (Å²) in [6, 6.07) is 11.4. The van der Waals surface area contributed by atoms with E-state index >= 15 is 0 Å². The van der Waals surface area contributed by atoms with E-state index in [1.54, 1.807) is 22.2 Å². The van der Waals surface area contributed by atoms with Crippen molar-refractivity contribution in [2.24, 2.45) is 7.05 Å². The molecule has 0 spiro atoms. The van der Waals surface area contributed by atoms with E-state index in [9.17, 15) is 4.79 Å². The maximum atomic E-state index is 13.2. The molecule has 0 radical (unpaired) electrons. The number of amides is 1. The predicted molar refractivity (Wildman–Crippen MR) is 114 cm³/mol. The standard InChI is InChI=1S/C21H20N6OS/c1-26-10-8-16-19(12-26)29-21(24-16)25-20(28)14-11-17(18-7-9-22-27(18)2)23-15-6-4-3-5-13(14)15/h3-7,9,11H,8,10,12H2,1-2H3,(H,24,25,28). The van der Waals surface area contributed by atoms with E-state index in [2.05, 4.69) is 27.3 Å². The Morgan fingerprint density at radius 3 is 2.86 bits per heavy atom. The third-order valence-electron chi connectivity index (χ3n) is 5.19. The van der Waals surface area contributed by atoms with E-state index in [-0.39, 0.29) is 5.91 Å². The maximum Gasteiger partial charge on any atom is 0.258 e. The molecule has 4 aromatic rings. The summed E-state index contributed by atoms with van der Waals surface area (Å²) in [7, 11) is 3.97. The van der Waals surface area contributed by atoms with Crippen LogP contribution in [0.4, 0.5) is 5.13 Å². The lowest BCUT2D eigenvalue weighted by Gasteiger charge is -2.20. The number of carbonyl (C=O) groups excluding carboxylic acids is 1. The van der Waals surface area contributed by atoms with Gasteiger partial charge in [0.25, 0.3) is 5.91 Å². The monoisotopic (exact) mass is 404 g/mol. The highest BCUT2D eigenvalue weighted by molar-refractivity contribution is 7.15. The molecule has 1 amide bonds. The van der Waals surface area contributed by atoms with Gasteiger partial charge in [-0.1, -0.05) is 18.2 Å². The van der Waals surface area contributed by atoms with Crippen molar-refractivity contribution in [1.29, 1.82) is 0 Å². The number of aryl methyl sites for hydroxylation is 1. The second-order valence-corrected chi connectivity index (χ2v) is 8.33. The Labute approximate surface area is 172 Å². The Bertz CT molecular complexity index is 1230. The number of hydrogen-bond acceptors (Lipinski definition) is 6. The van der Waals surface area contributed by atoms with Crippen LogP contribution in [0.3, 0.4) is 0 Å². The van der Waals surface area contributed by atoms with Gasteiger partial charge in [0.2, 0.25) is 0 Å². The van der Waals surface area contributed by atoms with Crippen LogP contribution in [0, 0.1) is 0 Å². The first-order chi connectivity index (χ1) is 14.1. The van der Waals surface area contributed by atoms with Crippen LogP contribution in [-0.4, -0.2) is 44.1 Å². The largest absolute Gasteiger partial charge is 0.301 e. The maximum absolute atomic E-state index is 13.2. The smallest absolute Gasteiger partial charge is 0.258 e. The van der Waals surface area contributed by atoms with Crippen LogP contribution in [0.1, 0.15) is 20.9 Å². The number of aromatic nitrogens is 4. The topological polar surface area (TPSA) is 75.9 Å². The van der Waals surface area contributed by atoms with Crippen LogP contribution >= 0.6 is 11.3 Å². The quantitative estimate of drug-likeness (QED) is 0.567. The first-order valence-electron chi connectivity index (χ1n) is 9.45. The second kappa shape index (κ2) is 7.06. The van der Waals surface area contributed by atoms with E-state index < -0.39 is 0 Å². The van der Waals surface area contributed by atoms with Crippen LogP contribution in [0.25, 0.3) is 22.3 Å². The van der Waals surface area contributed by atoms with Gasteiger partial charge >= 0.3 is 0 Å². The van der Waals surface area contributed by atoms with E-state index in [1.807, 2.05) is 43.4 Å². The third kappa shape index (κ3) is 3.30. The molecule has 7 nitrogen and oxygen atoms in total. The summed E-state index contributed by atoms with van der Waals surface area (Å²) in [6.07, 6.45) is 2.64. The third-order valence-corrected chi connectivity index (χ3v) is 6.18. The number of para-hydroxylation sites is 1. The lowest BCUT2D eigenvalue weighted by molar-refractivity contribution is 0.102. The number of anilines is 1. The number of nitrogens with zero attached hydrogens (tertiary/aromatic N) is 5. The molecule has 0 saturated carbocycles. The van der Waals surface area contributed by atoms with Crippen molar-refractivity contribution in [3.05, 3.63) is 58.7 Å². The summed E-state index contributed by atoms with van der Waals surface area (Å²) < 4.78 is 1.75. The zero-order valence-electron chi connectivity index (χ0n) is 16.2. The summed E-state index contributed by atoms with van der Waals surface area (Å²) in [5.41, 5.74) is 4.03. The molecule has 0 unspecified atom stereocenters. The zero-order chi connectivity index (χ0) is 20.0. The minimum absolute atomic E-state index is 0.175. The molecular formula is C21H20N6OS. The number of benzene rings is 1. The molecule has 0 fully saturated rings. The van der Waals surface area contributed by atoms with Crippen molar-refractivity contribution < 1.29 is 4.79 Å². The summed E-state index contributed by atoms with van der Waals surface area (Å²) >= 11 is 1.56. The number of hydrogen-bond donors (Lipinski definition) is 1. The first kappa shape index (κ1) is 18.0. The van der Waals surface area contributed by atoms with Gasteiger partial charge in [0.1, 0.15) is 0 Å². The number of thiazole rings is 1. The van der Waals surface area contributed by atoms with Crippen molar-refractivity contribution in [2.45, 2.75) is 13.0 Å². The van der Waals surface area contributed by atoms with Crippen LogP contribution in [0.5, 0.6) is 0 Å². The van der Waals surface area contributed by atoms with Gasteiger partial charge < -0.3 is 4.90 Å². The number of rotatable bonds is 3. The molecule has 0 atom stereocenters. The normalized spacial score (nSPS) is 14.1. The highest BCUT2D eigenvalue weighted by atomic mass is 32.1. The Kier molecular flexibility index (Phi) is 4.37. The number of likely N-dealkylation sites (N-methyl/N-ethyl adjacent to an activating group) is 1. The highest BCUT2D eigenvalue weighted by Gasteiger charge is 2.21. The van der Waals surface area contributed by atoms with Crippen LogP contribution in [0.2, 0.25) is 0 Å². The van der Waals surface area contributed by atoms with E-state index in [0.717, 1.165) is 41.8 Å². The minimum Gasteiger partial charge on any atom is -0.301 e. The molecule has 0 aliphatic carbocycles. The van der Waals surface area contributed by atoms with E-state index in [1.165, 1.54) is 4.88 Å². The lowest BCUT2D eigenvalue weighted by atomic mass is 10.1. The minimum atomic E-state index is -0.175. The SMILES string of the molecule is CN1CCc2nc(NC(=O)c3cc(-c4ccnn4C)nc4ccccc34)sc2C1. The number of pyridine rings is 1. The molecule has 1 aliphatic rings. The lowest BCUT2D eigenvalue weighted by Crippen LogP contribution is -2.25. The van der Waals surface area contributed by atoms with E-state index in [4.69, 9.17) is 4.98 Å². The Balaban J connectivity index is 1.54. The Hall–Kier alpha value is -3.10. The fourth-order valence-electron chi connectivity index (χ4n) is 3.66. The predicted octanol–water partition coefficient (Wildman–Crippen LogP) is 3.33. The van der Waals surface area contributed by atoms with Gasteiger partial charge in [-0.25, -0.2) is 9.97 Å². The average Bonchev–Trinajstić information content (AvgIpc) is 3.32.